The van der Waals surface area contributed by atoms with E-state index in [0.717, 1.165) is 18.5 Å². The quantitative estimate of drug-likeness (QED) is 0.887. The molecule has 132 valence electrons. The fraction of sp³-hybridized carbons (Fsp3) is 0.588. The van der Waals surface area contributed by atoms with Crippen molar-refractivity contribution in [3.05, 3.63) is 29.6 Å². The molecule has 0 aliphatic carbocycles. The molecule has 0 unspecified atom stereocenters. The van der Waals surface area contributed by atoms with Gasteiger partial charge in [-0.3, -0.25) is 4.99 Å². The summed E-state index contributed by atoms with van der Waals surface area (Å²) in [5, 5.41) is 3.37. The molecule has 3 N–H and O–H groups in total. The number of nitrogens with two attached hydrogens (primary N) is 1. The fourth-order valence-corrected chi connectivity index (χ4v) is 3.14. The summed E-state index contributed by atoms with van der Waals surface area (Å²) in [5.74, 6) is -0.337. The number of rotatable bonds is 3. The molecule has 5 nitrogen and oxygen atoms in total. The summed E-state index contributed by atoms with van der Waals surface area (Å²) in [6.45, 7) is 2.84. The van der Waals surface area contributed by atoms with E-state index in [1.807, 2.05) is 0 Å². The fourth-order valence-electron chi connectivity index (χ4n) is 3.14. The number of benzene rings is 1. The van der Waals surface area contributed by atoms with Crippen molar-refractivity contribution in [2.75, 3.05) is 31.7 Å². The second kappa shape index (κ2) is 7.03. The highest BCUT2D eigenvalue weighted by atomic mass is 19.1. The Morgan fingerprint density at radius 2 is 2.04 bits per heavy atom. The largest absolute Gasteiger partial charge is 0.386 e. The number of anilines is 1. The monoisotopic (exact) mass is 339 g/mol. The van der Waals surface area contributed by atoms with Crippen LogP contribution in [-0.4, -0.2) is 44.5 Å². The summed E-state index contributed by atoms with van der Waals surface area (Å²) in [7, 11) is 0. The van der Waals surface area contributed by atoms with Gasteiger partial charge < -0.3 is 20.5 Å². The third kappa shape index (κ3) is 3.52. The Morgan fingerprint density at radius 3 is 2.79 bits per heavy atom. The van der Waals surface area contributed by atoms with E-state index in [1.54, 1.807) is 19.1 Å². The molecule has 1 fully saturated rings. The zero-order valence-corrected chi connectivity index (χ0v) is 13.7. The highest BCUT2D eigenvalue weighted by Crippen LogP contribution is 2.36. The Kier molecular flexibility index (Phi) is 5.01. The van der Waals surface area contributed by atoms with E-state index in [2.05, 4.69) is 10.3 Å². The Labute approximate surface area is 140 Å². The van der Waals surface area contributed by atoms with Gasteiger partial charge >= 0.3 is 0 Å². The maximum absolute atomic E-state index is 14.6. The molecule has 7 heteroatoms. The molecule has 1 aromatic rings. The standard InChI is InChI=1S/C17H23F2N3O2/c1-17(15(19)9-24-10-16(20)22-17)13-8-12(2-3-14(13)18)21-11-4-6-23-7-5-11/h2-3,8,11,15,21H,4-7,9-10H2,1H3,(H2,20,22)/t15-,17+/m0/s1. The summed E-state index contributed by atoms with van der Waals surface area (Å²) in [5.41, 5.74) is 5.27. The van der Waals surface area contributed by atoms with Crippen LogP contribution in [0.5, 0.6) is 0 Å². The molecule has 0 spiro atoms. The van der Waals surface area contributed by atoms with E-state index in [-0.39, 0.29) is 30.7 Å². The lowest BCUT2D eigenvalue weighted by Crippen LogP contribution is -2.36. The molecule has 0 aromatic heterocycles. The molecule has 0 bridgehead atoms. The van der Waals surface area contributed by atoms with Crippen molar-refractivity contribution < 1.29 is 18.3 Å². The van der Waals surface area contributed by atoms with Crippen LogP contribution in [0.3, 0.4) is 0 Å². The van der Waals surface area contributed by atoms with Crippen LogP contribution >= 0.6 is 0 Å². The minimum absolute atomic E-state index is 0.0532. The summed E-state index contributed by atoms with van der Waals surface area (Å²) in [6, 6.07) is 4.88. The minimum Gasteiger partial charge on any atom is -0.386 e. The van der Waals surface area contributed by atoms with Crippen LogP contribution in [0.25, 0.3) is 0 Å². The van der Waals surface area contributed by atoms with E-state index in [9.17, 15) is 8.78 Å². The van der Waals surface area contributed by atoms with Gasteiger partial charge in [-0.1, -0.05) is 0 Å². The number of nitrogens with one attached hydrogen (secondary N) is 1. The Bertz CT molecular complexity index is 620. The van der Waals surface area contributed by atoms with Gasteiger partial charge in [0, 0.05) is 30.5 Å². The molecule has 24 heavy (non-hydrogen) atoms. The van der Waals surface area contributed by atoms with Crippen LogP contribution in [0, 0.1) is 5.82 Å². The van der Waals surface area contributed by atoms with E-state index >= 15 is 0 Å². The zero-order chi connectivity index (χ0) is 17.2. The first-order valence-corrected chi connectivity index (χ1v) is 8.19. The number of aliphatic imine (C=N–C) groups is 1. The topological polar surface area (TPSA) is 68.9 Å². The molecular weight excluding hydrogens is 316 g/mol. The first kappa shape index (κ1) is 17.1. The predicted octanol–water partition coefficient (Wildman–Crippen LogP) is 2.36. The number of hydrogen-bond donors (Lipinski definition) is 2. The number of ether oxygens (including phenoxy) is 2. The molecule has 0 saturated carbocycles. The zero-order valence-electron chi connectivity index (χ0n) is 13.7. The van der Waals surface area contributed by atoms with Crippen LogP contribution in [0.4, 0.5) is 14.5 Å². The number of alkyl halides is 1. The molecule has 1 aromatic carbocycles. The third-order valence-corrected chi connectivity index (χ3v) is 4.60. The number of amidine groups is 1. The summed E-state index contributed by atoms with van der Waals surface area (Å²) < 4.78 is 39.6. The minimum atomic E-state index is -1.48. The van der Waals surface area contributed by atoms with Crippen LogP contribution in [-0.2, 0) is 15.0 Å². The van der Waals surface area contributed by atoms with E-state index in [4.69, 9.17) is 15.2 Å². The molecule has 2 heterocycles. The number of nitrogens with zero attached hydrogens (tertiary/aromatic N) is 1. The maximum atomic E-state index is 14.6. The highest BCUT2D eigenvalue weighted by molar-refractivity contribution is 5.82. The SMILES string of the molecule is C[C@]1(c2cc(NC3CCOCC3)ccc2F)N=C(N)COC[C@@H]1F. The normalized spacial score (nSPS) is 29.0. The number of halogens is 2. The van der Waals surface area contributed by atoms with Gasteiger partial charge in [0.2, 0.25) is 0 Å². The van der Waals surface area contributed by atoms with Gasteiger partial charge in [-0.15, -0.1) is 0 Å². The van der Waals surface area contributed by atoms with Crippen LogP contribution in [0.1, 0.15) is 25.3 Å². The van der Waals surface area contributed by atoms with Crippen molar-refractivity contribution >= 4 is 11.5 Å². The van der Waals surface area contributed by atoms with Gasteiger partial charge in [-0.05, 0) is 38.0 Å². The molecular formula is C17H23F2N3O2. The molecule has 2 atom stereocenters. The lowest BCUT2D eigenvalue weighted by atomic mass is 9.87. The van der Waals surface area contributed by atoms with Crippen molar-refractivity contribution in [2.24, 2.45) is 10.7 Å². The second-order valence-electron chi connectivity index (χ2n) is 6.46. The van der Waals surface area contributed by atoms with Crippen LogP contribution < -0.4 is 11.1 Å². The summed E-state index contributed by atoms with van der Waals surface area (Å²) in [4.78, 5) is 4.21. The average molecular weight is 339 g/mol. The number of hydrogen-bond acceptors (Lipinski definition) is 5. The Morgan fingerprint density at radius 1 is 1.29 bits per heavy atom. The Hall–Kier alpha value is -1.73. The van der Waals surface area contributed by atoms with E-state index in [0.29, 0.717) is 13.2 Å². The maximum Gasteiger partial charge on any atom is 0.152 e. The van der Waals surface area contributed by atoms with Gasteiger partial charge in [0.05, 0.1) is 6.61 Å². The van der Waals surface area contributed by atoms with Crippen molar-refractivity contribution in [2.45, 2.75) is 37.5 Å². The first-order valence-electron chi connectivity index (χ1n) is 8.19. The second-order valence-corrected chi connectivity index (χ2v) is 6.46. The van der Waals surface area contributed by atoms with Crippen LogP contribution in [0.2, 0.25) is 0 Å². The third-order valence-electron chi connectivity index (χ3n) is 4.60. The summed E-state index contributed by atoms with van der Waals surface area (Å²) in [6.07, 6.45) is 0.287. The first-order chi connectivity index (χ1) is 11.5. The van der Waals surface area contributed by atoms with Crippen LogP contribution in [0.15, 0.2) is 23.2 Å². The lowest BCUT2D eigenvalue weighted by molar-refractivity contribution is 0.0754. The molecule has 1 saturated heterocycles. The molecule has 3 rings (SSSR count). The molecule has 0 amide bonds. The molecule has 0 radical (unpaired) electrons. The van der Waals surface area contributed by atoms with Crippen molar-refractivity contribution in [3.63, 3.8) is 0 Å². The van der Waals surface area contributed by atoms with Gasteiger partial charge in [-0.2, -0.15) is 0 Å². The van der Waals surface area contributed by atoms with Gasteiger partial charge in [-0.25, -0.2) is 8.78 Å². The molecule has 2 aliphatic rings. The lowest BCUT2D eigenvalue weighted by Gasteiger charge is -2.30. The summed E-state index contributed by atoms with van der Waals surface area (Å²) >= 11 is 0. The predicted molar refractivity (Wildman–Crippen MR) is 88.6 cm³/mol. The van der Waals surface area contributed by atoms with Crippen molar-refractivity contribution in [1.29, 1.82) is 0 Å². The Balaban J connectivity index is 1.91. The van der Waals surface area contributed by atoms with E-state index < -0.39 is 17.5 Å². The van der Waals surface area contributed by atoms with Gasteiger partial charge in [0.1, 0.15) is 23.8 Å². The highest BCUT2D eigenvalue weighted by Gasteiger charge is 2.40. The average Bonchev–Trinajstić information content (AvgIpc) is 2.69. The van der Waals surface area contributed by atoms with E-state index in [1.165, 1.54) is 6.07 Å². The van der Waals surface area contributed by atoms with Gasteiger partial charge in [0.25, 0.3) is 0 Å². The van der Waals surface area contributed by atoms with Crippen molar-refractivity contribution in [3.8, 4) is 0 Å². The van der Waals surface area contributed by atoms with Crippen molar-refractivity contribution in [1.82, 2.24) is 0 Å². The molecule has 2 aliphatic heterocycles. The van der Waals surface area contributed by atoms with Gasteiger partial charge in [0.15, 0.2) is 6.17 Å². The smallest absolute Gasteiger partial charge is 0.152 e.